The largest absolute Gasteiger partial charge is 0.293 e. The van der Waals surface area contributed by atoms with Gasteiger partial charge in [0.25, 0.3) is 0 Å². The van der Waals surface area contributed by atoms with Crippen LogP contribution < -0.4 is 5.32 Å². The molecule has 1 saturated heterocycles. The number of hydrogen-bond donors (Lipinski definition) is 1. The highest BCUT2D eigenvalue weighted by atomic mass is 19.1. The number of anilines is 2. The first-order chi connectivity index (χ1) is 12.8. The van der Waals surface area contributed by atoms with E-state index in [9.17, 15) is 4.39 Å². The zero-order valence-electron chi connectivity index (χ0n) is 14.2. The van der Waals surface area contributed by atoms with Gasteiger partial charge < -0.3 is 0 Å². The third kappa shape index (κ3) is 3.83. The van der Waals surface area contributed by atoms with Crippen LogP contribution in [-0.2, 0) is 6.54 Å². The van der Waals surface area contributed by atoms with Crippen LogP contribution >= 0.6 is 0 Å². The molecule has 1 fully saturated rings. The molecule has 26 heavy (non-hydrogen) atoms. The van der Waals surface area contributed by atoms with Crippen LogP contribution in [0, 0.1) is 5.82 Å². The van der Waals surface area contributed by atoms with E-state index in [0.29, 0.717) is 11.9 Å². The third-order valence-corrected chi connectivity index (χ3v) is 4.47. The smallest absolute Gasteiger partial charge is 0.229 e. The highest BCUT2D eigenvalue weighted by Crippen LogP contribution is 2.32. The molecule has 0 spiro atoms. The van der Waals surface area contributed by atoms with Crippen molar-refractivity contribution in [3.8, 4) is 0 Å². The summed E-state index contributed by atoms with van der Waals surface area (Å²) in [4.78, 5) is 19.6. The Morgan fingerprint density at radius 1 is 1.00 bits per heavy atom. The molecule has 0 amide bonds. The lowest BCUT2D eigenvalue weighted by atomic mass is 10.1. The van der Waals surface area contributed by atoms with Gasteiger partial charge in [-0.2, -0.15) is 0 Å². The maximum Gasteiger partial charge on any atom is 0.229 e. The van der Waals surface area contributed by atoms with Crippen LogP contribution in [0.3, 0.4) is 0 Å². The number of aromatic nitrogens is 4. The topological polar surface area (TPSA) is 66.8 Å². The summed E-state index contributed by atoms with van der Waals surface area (Å²) in [6.45, 7) is 1.77. The number of nitrogens with zero attached hydrogens (tertiary/aromatic N) is 5. The van der Waals surface area contributed by atoms with Gasteiger partial charge in [-0.25, -0.2) is 24.3 Å². The summed E-state index contributed by atoms with van der Waals surface area (Å²) in [6, 6.07) is 10.6. The SMILES string of the molecule is Fc1ccc(CN2CCC[C@@H]2c2ccnc(Nc3ncccn3)n2)cc1. The van der Waals surface area contributed by atoms with E-state index in [0.717, 1.165) is 37.2 Å². The molecule has 0 radical (unpaired) electrons. The fraction of sp³-hybridized carbons (Fsp3) is 0.263. The van der Waals surface area contributed by atoms with Gasteiger partial charge in [0.05, 0.1) is 11.7 Å². The molecule has 3 aromatic rings. The molecule has 4 rings (SSSR count). The Morgan fingerprint density at radius 2 is 1.77 bits per heavy atom. The van der Waals surface area contributed by atoms with Gasteiger partial charge in [-0.1, -0.05) is 12.1 Å². The van der Waals surface area contributed by atoms with E-state index >= 15 is 0 Å². The van der Waals surface area contributed by atoms with E-state index in [1.807, 2.05) is 18.2 Å². The predicted octanol–water partition coefficient (Wildman–Crippen LogP) is 3.49. The molecule has 7 heteroatoms. The highest BCUT2D eigenvalue weighted by Gasteiger charge is 2.27. The van der Waals surface area contributed by atoms with Crippen LogP contribution in [0.5, 0.6) is 0 Å². The Hall–Kier alpha value is -2.93. The van der Waals surface area contributed by atoms with Crippen molar-refractivity contribution in [1.29, 1.82) is 0 Å². The number of halogens is 1. The predicted molar refractivity (Wildman–Crippen MR) is 96.1 cm³/mol. The summed E-state index contributed by atoms with van der Waals surface area (Å²) >= 11 is 0. The van der Waals surface area contributed by atoms with Crippen LogP contribution in [-0.4, -0.2) is 31.4 Å². The molecule has 1 aliphatic heterocycles. The fourth-order valence-corrected chi connectivity index (χ4v) is 3.26. The van der Waals surface area contributed by atoms with E-state index in [-0.39, 0.29) is 11.9 Å². The number of hydrogen-bond acceptors (Lipinski definition) is 6. The number of benzene rings is 1. The van der Waals surface area contributed by atoms with Crippen molar-refractivity contribution in [1.82, 2.24) is 24.8 Å². The molecule has 6 nitrogen and oxygen atoms in total. The monoisotopic (exact) mass is 350 g/mol. The summed E-state index contributed by atoms with van der Waals surface area (Å²) in [5.41, 5.74) is 2.07. The maximum atomic E-state index is 13.1. The second-order valence-electron chi connectivity index (χ2n) is 6.26. The van der Waals surface area contributed by atoms with E-state index in [1.54, 1.807) is 24.7 Å². The molecule has 0 unspecified atom stereocenters. The Labute approximate surface area is 151 Å². The second kappa shape index (κ2) is 7.53. The normalized spacial score (nSPS) is 17.3. The van der Waals surface area contributed by atoms with E-state index in [4.69, 9.17) is 0 Å². The van der Waals surface area contributed by atoms with Gasteiger partial charge in [-0.05, 0) is 49.2 Å². The summed E-state index contributed by atoms with van der Waals surface area (Å²) in [6.07, 6.45) is 7.24. The average molecular weight is 350 g/mol. The van der Waals surface area contributed by atoms with Crippen molar-refractivity contribution in [3.05, 3.63) is 72.1 Å². The van der Waals surface area contributed by atoms with Gasteiger partial charge in [-0.15, -0.1) is 0 Å². The van der Waals surface area contributed by atoms with Crippen molar-refractivity contribution >= 4 is 11.9 Å². The van der Waals surface area contributed by atoms with Crippen LogP contribution in [0.25, 0.3) is 0 Å². The molecule has 1 atom stereocenters. The average Bonchev–Trinajstić information content (AvgIpc) is 3.13. The van der Waals surface area contributed by atoms with E-state index in [1.165, 1.54) is 12.1 Å². The van der Waals surface area contributed by atoms with Crippen LogP contribution in [0.2, 0.25) is 0 Å². The first-order valence-electron chi connectivity index (χ1n) is 8.63. The number of nitrogens with one attached hydrogen (secondary N) is 1. The summed E-state index contributed by atoms with van der Waals surface area (Å²) < 4.78 is 13.1. The lowest BCUT2D eigenvalue weighted by Gasteiger charge is -2.24. The molecule has 0 saturated carbocycles. The minimum atomic E-state index is -0.207. The van der Waals surface area contributed by atoms with Gasteiger partial charge in [0.2, 0.25) is 11.9 Å². The first kappa shape index (κ1) is 16.5. The maximum absolute atomic E-state index is 13.1. The van der Waals surface area contributed by atoms with Crippen molar-refractivity contribution in [2.24, 2.45) is 0 Å². The van der Waals surface area contributed by atoms with Gasteiger partial charge in [0.15, 0.2) is 0 Å². The second-order valence-corrected chi connectivity index (χ2v) is 6.26. The Bertz CT molecular complexity index is 855. The lowest BCUT2D eigenvalue weighted by molar-refractivity contribution is 0.244. The fourth-order valence-electron chi connectivity index (χ4n) is 3.26. The minimum Gasteiger partial charge on any atom is -0.293 e. The van der Waals surface area contributed by atoms with Crippen molar-refractivity contribution < 1.29 is 4.39 Å². The Morgan fingerprint density at radius 3 is 2.58 bits per heavy atom. The summed E-state index contributed by atoms with van der Waals surface area (Å²) in [5, 5.41) is 3.03. The number of rotatable bonds is 5. The molecule has 1 N–H and O–H groups in total. The van der Waals surface area contributed by atoms with Crippen LogP contribution in [0.15, 0.2) is 55.0 Å². The zero-order valence-corrected chi connectivity index (χ0v) is 14.2. The van der Waals surface area contributed by atoms with Crippen LogP contribution in [0.1, 0.15) is 30.1 Å². The quantitative estimate of drug-likeness (QED) is 0.760. The van der Waals surface area contributed by atoms with Crippen molar-refractivity contribution in [3.63, 3.8) is 0 Å². The van der Waals surface area contributed by atoms with Crippen molar-refractivity contribution in [2.75, 3.05) is 11.9 Å². The van der Waals surface area contributed by atoms with Gasteiger partial charge in [-0.3, -0.25) is 10.2 Å². The molecule has 0 bridgehead atoms. The minimum absolute atomic E-state index is 0.207. The lowest BCUT2D eigenvalue weighted by Crippen LogP contribution is -2.23. The summed E-state index contributed by atoms with van der Waals surface area (Å²) in [5.74, 6) is 0.753. The zero-order chi connectivity index (χ0) is 17.8. The Balaban J connectivity index is 1.50. The molecule has 1 aromatic carbocycles. The molecule has 0 aliphatic carbocycles. The van der Waals surface area contributed by atoms with Gasteiger partial charge >= 0.3 is 0 Å². The molecule has 2 aromatic heterocycles. The Kier molecular flexibility index (Phi) is 4.79. The first-order valence-corrected chi connectivity index (χ1v) is 8.63. The van der Waals surface area contributed by atoms with E-state index in [2.05, 4.69) is 30.2 Å². The molecule has 1 aliphatic rings. The number of likely N-dealkylation sites (tertiary alicyclic amines) is 1. The van der Waals surface area contributed by atoms with Gasteiger partial charge in [0.1, 0.15) is 5.82 Å². The highest BCUT2D eigenvalue weighted by molar-refractivity contribution is 5.41. The molecular formula is C19H19FN6. The van der Waals surface area contributed by atoms with Crippen molar-refractivity contribution in [2.45, 2.75) is 25.4 Å². The van der Waals surface area contributed by atoms with Crippen LogP contribution in [0.4, 0.5) is 16.3 Å². The molecule has 3 heterocycles. The third-order valence-electron chi connectivity index (χ3n) is 4.47. The molecular weight excluding hydrogens is 331 g/mol. The molecule has 132 valence electrons. The standard InChI is InChI=1S/C19H19FN6/c20-15-6-4-14(5-7-15)13-26-12-1-3-17(26)16-8-11-23-19(24-16)25-18-21-9-2-10-22-18/h2,4-11,17H,1,3,12-13H2,(H,21,22,23,24,25)/t17-/m1/s1. The van der Waals surface area contributed by atoms with E-state index < -0.39 is 0 Å². The summed E-state index contributed by atoms with van der Waals surface area (Å²) in [7, 11) is 0. The van der Waals surface area contributed by atoms with Gasteiger partial charge in [0, 0.05) is 25.1 Å².